The number of carbonyl (C=O) groups excluding carboxylic acids is 4. The molecule has 0 spiro atoms. The van der Waals surface area contributed by atoms with Crippen molar-refractivity contribution < 1.29 is 33.4 Å². The maximum Gasteiger partial charge on any atom is 0.272 e. The first-order chi connectivity index (χ1) is 22.7. The molecule has 4 amide bonds. The molecule has 4 rings (SSSR count). The number of anilines is 3. The highest BCUT2D eigenvalue weighted by atomic mass is 32.2. The average Bonchev–Trinajstić information content (AvgIpc) is 3.08. The van der Waals surface area contributed by atoms with Gasteiger partial charge in [0.2, 0.25) is 11.8 Å². The summed E-state index contributed by atoms with van der Waals surface area (Å²) in [5.74, 6) is -0.133. The third kappa shape index (κ3) is 9.87. The molecule has 0 aliphatic carbocycles. The smallest absolute Gasteiger partial charge is 0.272 e. The van der Waals surface area contributed by atoms with E-state index < -0.39 is 11.8 Å². The summed E-state index contributed by atoms with van der Waals surface area (Å²) >= 11 is 1.29. The highest BCUT2D eigenvalue weighted by Gasteiger charge is 2.18. The van der Waals surface area contributed by atoms with Crippen molar-refractivity contribution >= 4 is 58.5 Å². The van der Waals surface area contributed by atoms with Crippen LogP contribution in [0.3, 0.4) is 0 Å². The van der Waals surface area contributed by atoms with Crippen LogP contribution in [0.4, 0.5) is 17.1 Å². The van der Waals surface area contributed by atoms with Crippen molar-refractivity contribution in [3.63, 3.8) is 0 Å². The van der Waals surface area contributed by atoms with Crippen LogP contribution < -0.4 is 35.5 Å². The van der Waals surface area contributed by atoms with E-state index in [1.807, 2.05) is 6.07 Å². The van der Waals surface area contributed by atoms with E-state index in [4.69, 9.17) is 14.2 Å². The standard InChI is InChI=1S/C35H34N4O7S/c1-22(40)36-25-13-15-26(16-14-25)37-33(41)21-47-28-12-8-11-27(19-28)38-35(43)29(39-34(42)23-9-6-5-7-10-23)17-24-18-31(45-3)32(46-4)20-30(24)44-2/h5-20H,21H2,1-4H3,(H,36,40)(H,37,41)(H,38,43)(H,39,42)/b29-17+. The number of hydrogen-bond acceptors (Lipinski definition) is 8. The molecule has 0 radical (unpaired) electrons. The van der Waals surface area contributed by atoms with Crippen molar-refractivity contribution in [3.05, 3.63) is 108 Å². The molecule has 0 saturated carbocycles. The lowest BCUT2D eigenvalue weighted by atomic mass is 10.1. The molecule has 0 bridgehead atoms. The summed E-state index contributed by atoms with van der Waals surface area (Å²) in [6.45, 7) is 1.42. The lowest BCUT2D eigenvalue weighted by Gasteiger charge is -2.15. The molecule has 242 valence electrons. The lowest BCUT2D eigenvalue weighted by molar-refractivity contribution is -0.114. The molecule has 11 nitrogen and oxygen atoms in total. The Hall–Kier alpha value is -5.75. The minimum absolute atomic E-state index is 0.0497. The van der Waals surface area contributed by atoms with Crippen LogP contribution in [-0.4, -0.2) is 50.7 Å². The molecular weight excluding hydrogens is 620 g/mol. The predicted molar refractivity (Wildman–Crippen MR) is 183 cm³/mol. The van der Waals surface area contributed by atoms with E-state index in [2.05, 4.69) is 21.3 Å². The topological polar surface area (TPSA) is 144 Å². The average molecular weight is 655 g/mol. The first kappa shape index (κ1) is 34.1. The van der Waals surface area contributed by atoms with Crippen LogP contribution in [0.5, 0.6) is 17.2 Å². The molecule has 47 heavy (non-hydrogen) atoms. The van der Waals surface area contributed by atoms with Gasteiger partial charge < -0.3 is 35.5 Å². The van der Waals surface area contributed by atoms with Gasteiger partial charge in [0.25, 0.3) is 11.8 Å². The first-order valence-electron chi connectivity index (χ1n) is 14.3. The molecule has 0 aliphatic heterocycles. The Labute approximate surface area is 276 Å². The number of hydrogen-bond donors (Lipinski definition) is 4. The van der Waals surface area contributed by atoms with E-state index in [0.717, 1.165) is 4.90 Å². The summed E-state index contributed by atoms with van der Waals surface area (Å²) in [6.07, 6.45) is 1.49. The van der Waals surface area contributed by atoms with Gasteiger partial charge >= 0.3 is 0 Å². The van der Waals surface area contributed by atoms with Gasteiger partial charge in [-0.05, 0) is 66.7 Å². The van der Waals surface area contributed by atoms with Crippen molar-refractivity contribution in [1.29, 1.82) is 0 Å². The van der Waals surface area contributed by atoms with Gasteiger partial charge in [-0.1, -0.05) is 24.3 Å². The number of rotatable bonds is 13. The summed E-state index contributed by atoms with van der Waals surface area (Å²) in [6, 6.07) is 25.6. The van der Waals surface area contributed by atoms with Crippen LogP contribution >= 0.6 is 11.8 Å². The van der Waals surface area contributed by atoms with E-state index in [9.17, 15) is 19.2 Å². The molecular formula is C35H34N4O7S. The summed E-state index contributed by atoms with van der Waals surface area (Å²) in [5.41, 5.74) is 2.45. The highest BCUT2D eigenvalue weighted by molar-refractivity contribution is 8.00. The maximum absolute atomic E-state index is 13.6. The van der Waals surface area contributed by atoms with Crippen molar-refractivity contribution in [3.8, 4) is 17.2 Å². The molecule has 4 N–H and O–H groups in total. The molecule has 0 fully saturated rings. The second-order valence-electron chi connectivity index (χ2n) is 9.90. The second-order valence-corrected chi connectivity index (χ2v) is 11.0. The zero-order valence-electron chi connectivity index (χ0n) is 26.2. The van der Waals surface area contributed by atoms with Gasteiger partial charge in [0.05, 0.1) is 27.1 Å². The number of thioether (sulfide) groups is 1. The van der Waals surface area contributed by atoms with Crippen LogP contribution in [0, 0.1) is 0 Å². The third-order valence-electron chi connectivity index (χ3n) is 6.52. The van der Waals surface area contributed by atoms with E-state index >= 15 is 0 Å². The predicted octanol–water partition coefficient (Wildman–Crippen LogP) is 5.81. The fraction of sp³-hybridized carbons (Fsp3) is 0.143. The van der Waals surface area contributed by atoms with Gasteiger partial charge in [0.1, 0.15) is 11.4 Å². The van der Waals surface area contributed by atoms with Crippen molar-refractivity contribution in [2.24, 2.45) is 0 Å². The Balaban J connectivity index is 1.50. The molecule has 4 aromatic rings. The molecule has 4 aromatic carbocycles. The van der Waals surface area contributed by atoms with Crippen molar-refractivity contribution in [2.75, 3.05) is 43.0 Å². The summed E-state index contributed by atoms with van der Waals surface area (Å²) in [7, 11) is 4.47. The fourth-order valence-corrected chi connectivity index (χ4v) is 5.07. The van der Waals surface area contributed by atoms with Crippen LogP contribution in [0.25, 0.3) is 6.08 Å². The zero-order valence-corrected chi connectivity index (χ0v) is 27.0. The molecule has 0 atom stereocenters. The van der Waals surface area contributed by atoms with Gasteiger partial charge in [-0.3, -0.25) is 19.2 Å². The van der Waals surface area contributed by atoms with E-state index in [0.29, 0.717) is 45.4 Å². The number of methoxy groups -OCH3 is 3. The zero-order chi connectivity index (χ0) is 33.8. The van der Waals surface area contributed by atoms with E-state index in [1.165, 1.54) is 46.1 Å². The Morgan fingerprint density at radius 2 is 1.32 bits per heavy atom. The van der Waals surface area contributed by atoms with Gasteiger partial charge in [-0.25, -0.2) is 0 Å². The van der Waals surface area contributed by atoms with E-state index in [1.54, 1.807) is 84.9 Å². The number of benzene rings is 4. The molecule has 0 aromatic heterocycles. The van der Waals surface area contributed by atoms with Crippen LogP contribution in [0.2, 0.25) is 0 Å². The number of nitrogens with one attached hydrogen (secondary N) is 4. The Kier molecular flexibility index (Phi) is 12.0. The summed E-state index contributed by atoms with van der Waals surface area (Å²) in [4.78, 5) is 51.3. The van der Waals surface area contributed by atoms with Gasteiger partial charge in [-0.15, -0.1) is 11.8 Å². The summed E-state index contributed by atoms with van der Waals surface area (Å²) < 4.78 is 16.3. The highest BCUT2D eigenvalue weighted by Crippen LogP contribution is 2.35. The first-order valence-corrected chi connectivity index (χ1v) is 15.3. The van der Waals surface area contributed by atoms with E-state index in [-0.39, 0.29) is 23.3 Å². The Morgan fingerprint density at radius 3 is 1.96 bits per heavy atom. The maximum atomic E-state index is 13.6. The van der Waals surface area contributed by atoms with Crippen molar-refractivity contribution in [1.82, 2.24) is 5.32 Å². The molecule has 0 heterocycles. The number of amides is 4. The fourth-order valence-electron chi connectivity index (χ4n) is 4.31. The third-order valence-corrected chi connectivity index (χ3v) is 7.51. The van der Waals surface area contributed by atoms with Gasteiger partial charge in [0.15, 0.2) is 11.5 Å². The Morgan fingerprint density at radius 1 is 0.681 bits per heavy atom. The summed E-state index contributed by atoms with van der Waals surface area (Å²) in [5, 5.41) is 11.0. The lowest BCUT2D eigenvalue weighted by Crippen LogP contribution is -2.30. The molecule has 12 heteroatoms. The minimum atomic E-state index is -0.589. The van der Waals surface area contributed by atoms with Gasteiger partial charge in [0, 0.05) is 46.1 Å². The van der Waals surface area contributed by atoms with Crippen LogP contribution in [-0.2, 0) is 14.4 Å². The minimum Gasteiger partial charge on any atom is -0.496 e. The van der Waals surface area contributed by atoms with Crippen LogP contribution in [0.15, 0.2) is 102 Å². The van der Waals surface area contributed by atoms with Gasteiger partial charge in [-0.2, -0.15) is 0 Å². The number of ether oxygens (including phenoxy) is 3. The monoisotopic (exact) mass is 654 g/mol. The van der Waals surface area contributed by atoms with Crippen LogP contribution in [0.1, 0.15) is 22.8 Å². The molecule has 0 saturated heterocycles. The second kappa shape index (κ2) is 16.5. The molecule has 0 aliphatic rings. The SMILES string of the molecule is COc1cc(OC)c(OC)cc1/C=C(/NC(=O)c1ccccc1)C(=O)Nc1cccc(SCC(=O)Nc2ccc(NC(C)=O)cc2)c1. The molecule has 0 unspecified atom stereocenters. The van der Waals surface area contributed by atoms with Crippen molar-refractivity contribution in [2.45, 2.75) is 11.8 Å². The number of carbonyl (C=O) groups is 4. The Bertz CT molecular complexity index is 1780. The normalized spacial score (nSPS) is 10.8. The quantitative estimate of drug-likeness (QED) is 0.104. The largest absolute Gasteiger partial charge is 0.496 e.